The molecule has 3 fully saturated rings. The average Bonchev–Trinajstić information content (AvgIpc) is 2.85. The molecule has 3 heteroatoms. The third-order valence-corrected chi connectivity index (χ3v) is 5.96. The van der Waals surface area contributed by atoms with Gasteiger partial charge in [-0.2, -0.15) is 5.10 Å². The molecule has 3 saturated carbocycles. The molecule has 1 heterocycles. The van der Waals surface area contributed by atoms with Crippen molar-refractivity contribution < 1.29 is 0 Å². The van der Waals surface area contributed by atoms with Gasteiger partial charge >= 0.3 is 0 Å². The molecule has 3 aliphatic carbocycles. The predicted molar refractivity (Wildman–Crippen MR) is 75.7 cm³/mol. The summed E-state index contributed by atoms with van der Waals surface area (Å²) in [7, 11) is 0. The monoisotopic (exact) mass is 259 g/mol. The van der Waals surface area contributed by atoms with E-state index in [-0.39, 0.29) is 0 Å². The summed E-state index contributed by atoms with van der Waals surface area (Å²) in [4.78, 5) is 0. The maximum absolute atomic E-state index is 4.68. The largest absolute Gasteiger partial charge is 0.308 e. The van der Waals surface area contributed by atoms with Crippen molar-refractivity contribution in [3.63, 3.8) is 0 Å². The van der Waals surface area contributed by atoms with Crippen molar-refractivity contribution in [3.8, 4) is 0 Å². The van der Waals surface area contributed by atoms with Gasteiger partial charge in [0.05, 0.1) is 5.69 Å². The van der Waals surface area contributed by atoms with E-state index in [2.05, 4.69) is 41.2 Å². The Morgan fingerprint density at radius 1 is 1.37 bits per heavy atom. The summed E-state index contributed by atoms with van der Waals surface area (Å²) in [6.45, 7) is 5.40. The predicted octanol–water partition coefficient (Wildman–Crippen LogP) is 2.99. The number of fused-ring (bicyclic) bond motifs is 5. The van der Waals surface area contributed by atoms with Crippen LogP contribution in [0.1, 0.15) is 51.3 Å². The molecule has 1 N–H and O–H groups in total. The third-order valence-electron chi connectivity index (χ3n) is 5.96. The van der Waals surface area contributed by atoms with Gasteiger partial charge in [0, 0.05) is 24.8 Å². The van der Waals surface area contributed by atoms with Crippen molar-refractivity contribution in [1.29, 1.82) is 0 Å². The van der Waals surface area contributed by atoms with Crippen molar-refractivity contribution in [2.24, 2.45) is 23.7 Å². The summed E-state index contributed by atoms with van der Waals surface area (Å²) in [5.41, 5.74) is 1.21. The fraction of sp³-hybridized carbons (Fsp3) is 0.812. The van der Waals surface area contributed by atoms with Crippen LogP contribution >= 0.6 is 0 Å². The summed E-state index contributed by atoms with van der Waals surface area (Å²) in [6.07, 6.45) is 7.82. The van der Waals surface area contributed by atoms with Gasteiger partial charge in [0.25, 0.3) is 0 Å². The molecule has 0 aliphatic heterocycles. The first-order chi connectivity index (χ1) is 9.28. The molecule has 0 aromatic carbocycles. The molecule has 3 nitrogen and oxygen atoms in total. The number of hydrogen-bond acceptors (Lipinski definition) is 2. The van der Waals surface area contributed by atoms with Crippen molar-refractivity contribution in [2.45, 2.75) is 58.2 Å². The first-order valence-electron chi connectivity index (χ1n) is 8.05. The Bertz CT molecular complexity index is 450. The van der Waals surface area contributed by atoms with Gasteiger partial charge in [0.2, 0.25) is 0 Å². The number of hydrogen-bond donors (Lipinski definition) is 1. The fourth-order valence-electron chi connectivity index (χ4n) is 4.72. The second-order valence-corrected chi connectivity index (χ2v) is 6.94. The Kier molecular flexibility index (Phi) is 2.73. The summed E-state index contributed by atoms with van der Waals surface area (Å²) >= 11 is 0. The van der Waals surface area contributed by atoms with Gasteiger partial charge in [-0.15, -0.1) is 0 Å². The summed E-state index contributed by atoms with van der Waals surface area (Å²) in [6, 6.07) is 3.51. The second-order valence-electron chi connectivity index (χ2n) is 6.94. The molecule has 4 rings (SSSR count). The van der Waals surface area contributed by atoms with E-state index in [1.807, 2.05) is 0 Å². The zero-order valence-electron chi connectivity index (χ0n) is 12.0. The first kappa shape index (κ1) is 12.0. The van der Waals surface area contributed by atoms with Crippen molar-refractivity contribution in [2.75, 3.05) is 0 Å². The van der Waals surface area contributed by atoms with Crippen LogP contribution in [0.25, 0.3) is 0 Å². The first-order valence-corrected chi connectivity index (χ1v) is 8.05. The van der Waals surface area contributed by atoms with Gasteiger partial charge in [-0.3, -0.25) is 4.68 Å². The van der Waals surface area contributed by atoms with Gasteiger partial charge in [0.1, 0.15) is 0 Å². The number of rotatable bonds is 5. The lowest BCUT2D eigenvalue weighted by Gasteiger charge is -2.10. The zero-order valence-corrected chi connectivity index (χ0v) is 12.0. The summed E-state index contributed by atoms with van der Waals surface area (Å²) < 4.78 is 2.11. The van der Waals surface area contributed by atoms with Crippen LogP contribution in [0.5, 0.6) is 0 Å². The number of nitrogens with one attached hydrogen (secondary N) is 1. The molecule has 1 aromatic rings. The van der Waals surface area contributed by atoms with E-state index in [0.717, 1.165) is 42.7 Å². The highest BCUT2D eigenvalue weighted by Gasteiger charge is 2.64. The molecule has 5 unspecified atom stereocenters. The molecule has 3 aliphatic rings. The van der Waals surface area contributed by atoms with Gasteiger partial charge in [-0.25, -0.2) is 0 Å². The molecule has 0 amide bonds. The van der Waals surface area contributed by atoms with Crippen LogP contribution in [-0.2, 0) is 6.54 Å². The Morgan fingerprint density at radius 3 is 2.79 bits per heavy atom. The van der Waals surface area contributed by atoms with E-state index in [0.29, 0.717) is 6.04 Å². The molecule has 2 bridgehead atoms. The Hall–Kier alpha value is -0.830. The van der Waals surface area contributed by atoms with Crippen molar-refractivity contribution in [3.05, 3.63) is 18.0 Å². The lowest BCUT2D eigenvalue weighted by Crippen LogP contribution is -2.22. The normalized spacial score (nSPS) is 40.4. The highest BCUT2D eigenvalue weighted by Crippen LogP contribution is 2.65. The van der Waals surface area contributed by atoms with E-state index < -0.39 is 0 Å². The maximum atomic E-state index is 4.68. The van der Waals surface area contributed by atoms with Crippen molar-refractivity contribution >= 4 is 0 Å². The molecular weight excluding hydrogens is 234 g/mol. The summed E-state index contributed by atoms with van der Waals surface area (Å²) in [5.74, 6) is 4.17. The number of aromatic nitrogens is 2. The molecule has 0 saturated heterocycles. The highest BCUT2D eigenvalue weighted by molar-refractivity contribution is 5.17. The standard InChI is InChI=1S/C16H25N3/c1-3-10(2)19-7-6-13(18-19)9-17-16-14-11-4-5-12(8-11)15(14)16/h6-7,10-12,14-17H,3-5,8-9H2,1-2H3. The molecule has 0 spiro atoms. The Labute approximate surface area is 115 Å². The van der Waals surface area contributed by atoms with Gasteiger partial charge < -0.3 is 5.32 Å². The van der Waals surface area contributed by atoms with E-state index in [1.54, 1.807) is 0 Å². The Balaban J connectivity index is 1.33. The minimum atomic E-state index is 0.518. The minimum absolute atomic E-state index is 0.518. The highest BCUT2D eigenvalue weighted by atomic mass is 15.3. The van der Waals surface area contributed by atoms with E-state index >= 15 is 0 Å². The van der Waals surface area contributed by atoms with Crippen LogP contribution in [0.4, 0.5) is 0 Å². The van der Waals surface area contributed by atoms with E-state index in [4.69, 9.17) is 0 Å². The number of nitrogens with zero attached hydrogens (tertiary/aromatic N) is 2. The van der Waals surface area contributed by atoms with Crippen LogP contribution in [-0.4, -0.2) is 15.8 Å². The molecular formula is C16H25N3. The van der Waals surface area contributed by atoms with Gasteiger partial charge in [-0.1, -0.05) is 6.92 Å². The van der Waals surface area contributed by atoms with Crippen LogP contribution in [0.15, 0.2) is 12.3 Å². The molecule has 1 aromatic heterocycles. The second kappa shape index (κ2) is 4.34. The lowest BCUT2D eigenvalue weighted by atomic mass is 10.0. The molecule has 5 atom stereocenters. The zero-order chi connectivity index (χ0) is 13.0. The minimum Gasteiger partial charge on any atom is -0.308 e. The lowest BCUT2D eigenvalue weighted by molar-refractivity contribution is 0.450. The van der Waals surface area contributed by atoms with Crippen LogP contribution in [0, 0.1) is 23.7 Å². The van der Waals surface area contributed by atoms with E-state index in [1.165, 1.54) is 25.0 Å². The molecule has 19 heavy (non-hydrogen) atoms. The maximum Gasteiger partial charge on any atom is 0.0762 e. The van der Waals surface area contributed by atoms with Crippen LogP contribution in [0.2, 0.25) is 0 Å². The smallest absolute Gasteiger partial charge is 0.0762 e. The summed E-state index contributed by atoms with van der Waals surface area (Å²) in [5, 5.41) is 8.45. The van der Waals surface area contributed by atoms with Crippen LogP contribution in [0.3, 0.4) is 0 Å². The van der Waals surface area contributed by atoms with Gasteiger partial charge in [0.15, 0.2) is 0 Å². The van der Waals surface area contributed by atoms with Gasteiger partial charge in [-0.05, 0) is 62.3 Å². The quantitative estimate of drug-likeness (QED) is 0.881. The van der Waals surface area contributed by atoms with E-state index in [9.17, 15) is 0 Å². The SMILES string of the molecule is CCC(C)n1ccc(CNC2C3C4CCC(C4)C23)n1. The Morgan fingerprint density at radius 2 is 2.11 bits per heavy atom. The van der Waals surface area contributed by atoms with Crippen molar-refractivity contribution in [1.82, 2.24) is 15.1 Å². The third kappa shape index (κ3) is 1.85. The topological polar surface area (TPSA) is 29.9 Å². The average molecular weight is 259 g/mol. The molecule has 104 valence electrons. The van der Waals surface area contributed by atoms with Crippen LogP contribution < -0.4 is 5.32 Å². The fourth-order valence-corrected chi connectivity index (χ4v) is 4.72. The molecule has 0 radical (unpaired) electrons.